The highest BCUT2D eigenvalue weighted by molar-refractivity contribution is 7.89. The highest BCUT2D eigenvalue weighted by Crippen LogP contribution is 2.31. The monoisotopic (exact) mass is 346 g/mol. The van der Waals surface area contributed by atoms with Gasteiger partial charge in [0, 0.05) is 20.8 Å². The Labute approximate surface area is 132 Å². The Bertz CT molecular complexity index is 822. The fourth-order valence-corrected chi connectivity index (χ4v) is 3.47. The van der Waals surface area contributed by atoms with Gasteiger partial charge in [0.15, 0.2) is 0 Å². The number of nitrogens with one attached hydrogen (secondary N) is 1. The normalized spacial score (nSPS) is 13.3. The van der Waals surface area contributed by atoms with Crippen molar-refractivity contribution in [1.29, 1.82) is 0 Å². The first-order valence-corrected chi connectivity index (χ1v) is 8.15. The van der Waals surface area contributed by atoms with Gasteiger partial charge in [-0.05, 0) is 31.2 Å². The Hall–Kier alpha value is -1.34. The molecule has 0 aromatic heterocycles. The number of benzene rings is 2. The number of nitrogens with two attached hydrogens (primary N) is 1. The first-order chi connectivity index (χ1) is 9.72. The van der Waals surface area contributed by atoms with Crippen LogP contribution in [0.2, 0.25) is 10.0 Å². The van der Waals surface area contributed by atoms with E-state index in [0.717, 1.165) is 0 Å². The van der Waals surface area contributed by atoms with E-state index in [1.165, 1.54) is 19.1 Å². The second-order valence-electron chi connectivity index (χ2n) is 4.48. The maximum absolute atomic E-state index is 12.2. The van der Waals surface area contributed by atoms with E-state index < -0.39 is 22.0 Å². The van der Waals surface area contributed by atoms with Crippen LogP contribution in [0.5, 0.6) is 0 Å². The van der Waals surface area contributed by atoms with Crippen LogP contribution >= 0.6 is 23.2 Å². The Balaban J connectivity index is 2.53. The molecule has 1 atom stereocenters. The number of primary amides is 1. The zero-order valence-electron chi connectivity index (χ0n) is 10.9. The number of halogens is 2. The number of fused-ring (bicyclic) bond motifs is 1. The van der Waals surface area contributed by atoms with Crippen LogP contribution in [0.25, 0.3) is 10.8 Å². The number of amides is 1. The molecule has 21 heavy (non-hydrogen) atoms. The smallest absolute Gasteiger partial charge is 0.241 e. The van der Waals surface area contributed by atoms with Crippen molar-refractivity contribution in [3.05, 3.63) is 40.4 Å². The van der Waals surface area contributed by atoms with E-state index in [9.17, 15) is 13.2 Å². The van der Waals surface area contributed by atoms with Gasteiger partial charge in [0.05, 0.1) is 10.9 Å². The number of sulfonamides is 1. The number of rotatable bonds is 4. The average molecular weight is 347 g/mol. The van der Waals surface area contributed by atoms with Gasteiger partial charge < -0.3 is 5.73 Å². The fourth-order valence-electron chi connectivity index (χ4n) is 1.78. The standard InChI is InChI=1S/C13H12Cl2N2O3S/c1-7(13(16)18)17-21(19,20)8-2-3-9-10(6-8)12(15)5-4-11(9)14/h2-7,17H,1H3,(H2,16,18)/t7-/m1/s1. The molecule has 1 amide bonds. The lowest BCUT2D eigenvalue weighted by molar-refractivity contribution is -0.119. The third kappa shape index (κ3) is 3.29. The molecule has 8 heteroatoms. The summed E-state index contributed by atoms with van der Waals surface area (Å²) < 4.78 is 26.6. The van der Waals surface area contributed by atoms with Crippen molar-refractivity contribution in [3.8, 4) is 0 Å². The number of carbonyl (C=O) groups is 1. The van der Waals surface area contributed by atoms with Gasteiger partial charge in [-0.1, -0.05) is 29.3 Å². The van der Waals surface area contributed by atoms with E-state index in [-0.39, 0.29) is 4.90 Å². The molecule has 2 aromatic rings. The first kappa shape index (κ1) is 16.0. The van der Waals surface area contributed by atoms with Crippen LogP contribution in [0.1, 0.15) is 6.92 Å². The lowest BCUT2D eigenvalue weighted by Gasteiger charge is -2.12. The molecule has 0 aliphatic heterocycles. The van der Waals surface area contributed by atoms with Crippen molar-refractivity contribution in [1.82, 2.24) is 4.72 Å². The molecule has 0 saturated carbocycles. The summed E-state index contributed by atoms with van der Waals surface area (Å²) in [4.78, 5) is 11.0. The Morgan fingerprint density at radius 3 is 2.29 bits per heavy atom. The SMILES string of the molecule is C[C@@H](NS(=O)(=O)c1ccc2c(Cl)ccc(Cl)c2c1)C(N)=O. The minimum atomic E-state index is -3.88. The van der Waals surface area contributed by atoms with E-state index in [1.54, 1.807) is 18.2 Å². The summed E-state index contributed by atoms with van der Waals surface area (Å²) in [6, 6.07) is 6.56. The van der Waals surface area contributed by atoms with Crippen molar-refractivity contribution < 1.29 is 13.2 Å². The van der Waals surface area contributed by atoms with Gasteiger partial charge in [0.25, 0.3) is 0 Å². The topological polar surface area (TPSA) is 89.3 Å². The van der Waals surface area contributed by atoms with Crippen LogP contribution in [0.3, 0.4) is 0 Å². The summed E-state index contributed by atoms with van der Waals surface area (Å²) in [5.74, 6) is -0.763. The van der Waals surface area contributed by atoms with Crippen molar-refractivity contribution in [2.45, 2.75) is 17.9 Å². The predicted octanol–water partition coefficient (Wildman–Crippen LogP) is 2.30. The van der Waals surface area contributed by atoms with Gasteiger partial charge in [0.2, 0.25) is 15.9 Å². The second-order valence-corrected chi connectivity index (χ2v) is 7.01. The molecule has 0 saturated heterocycles. The highest BCUT2D eigenvalue weighted by Gasteiger charge is 2.21. The quantitative estimate of drug-likeness (QED) is 0.889. The van der Waals surface area contributed by atoms with E-state index in [4.69, 9.17) is 28.9 Å². The third-order valence-electron chi connectivity index (χ3n) is 2.95. The molecule has 2 aromatic carbocycles. The maximum atomic E-state index is 12.2. The van der Waals surface area contributed by atoms with Crippen LogP contribution in [-0.4, -0.2) is 20.4 Å². The summed E-state index contributed by atoms with van der Waals surface area (Å²) in [5.41, 5.74) is 5.05. The van der Waals surface area contributed by atoms with Gasteiger partial charge >= 0.3 is 0 Å². The van der Waals surface area contributed by atoms with Crippen molar-refractivity contribution in [3.63, 3.8) is 0 Å². The number of hydrogen-bond acceptors (Lipinski definition) is 3. The molecule has 0 radical (unpaired) electrons. The summed E-state index contributed by atoms with van der Waals surface area (Å²) >= 11 is 12.1. The Morgan fingerprint density at radius 2 is 1.71 bits per heavy atom. The number of carbonyl (C=O) groups excluding carboxylic acids is 1. The first-order valence-electron chi connectivity index (χ1n) is 5.92. The zero-order chi connectivity index (χ0) is 15.8. The molecular formula is C13H12Cl2N2O3S. The zero-order valence-corrected chi connectivity index (χ0v) is 13.3. The highest BCUT2D eigenvalue weighted by atomic mass is 35.5. The van der Waals surface area contributed by atoms with Gasteiger partial charge in [-0.15, -0.1) is 0 Å². The minimum absolute atomic E-state index is 0.0210. The third-order valence-corrected chi connectivity index (χ3v) is 5.15. The van der Waals surface area contributed by atoms with Gasteiger partial charge in [-0.3, -0.25) is 4.79 Å². The van der Waals surface area contributed by atoms with Crippen LogP contribution in [0.4, 0.5) is 0 Å². The van der Waals surface area contributed by atoms with Crippen molar-refractivity contribution >= 4 is 49.9 Å². The van der Waals surface area contributed by atoms with Gasteiger partial charge in [-0.2, -0.15) is 4.72 Å². The Morgan fingerprint density at radius 1 is 1.14 bits per heavy atom. The maximum Gasteiger partial charge on any atom is 0.241 e. The molecular weight excluding hydrogens is 335 g/mol. The summed E-state index contributed by atoms with van der Waals surface area (Å²) in [7, 11) is -3.88. The largest absolute Gasteiger partial charge is 0.368 e. The fraction of sp³-hybridized carbons (Fsp3) is 0.154. The van der Waals surface area contributed by atoms with Crippen LogP contribution < -0.4 is 10.5 Å². The molecule has 0 aliphatic rings. The lowest BCUT2D eigenvalue weighted by atomic mass is 10.1. The minimum Gasteiger partial charge on any atom is -0.368 e. The molecule has 0 bridgehead atoms. The van der Waals surface area contributed by atoms with Crippen LogP contribution in [0, 0.1) is 0 Å². The summed E-state index contributed by atoms with van der Waals surface area (Å²) in [6.07, 6.45) is 0. The Kier molecular flexibility index (Phi) is 4.43. The van der Waals surface area contributed by atoms with Gasteiger partial charge in [-0.25, -0.2) is 8.42 Å². The molecule has 0 aliphatic carbocycles. The van der Waals surface area contributed by atoms with E-state index in [1.807, 2.05) is 0 Å². The van der Waals surface area contributed by atoms with E-state index in [2.05, 4.69) is 4.72 Å². The second kappa shape index (κ2) is 5.81. The van der Waals surface area contributed by atoms with Crippen LogP contribution in [0.15, 0.2) is 35.2 Å². The predicted molar refractivity (Wildman–Crippen MR) is 82.9 cm³/mol. The molecule has 0 unspecified atom stereocenters. The summed E-state index contributed by atoms with van der Waals surface area (Å²) in [6.45, 7) is 1.37. The molecule has 0 spiro atoms. The van der Waals surface area contributed by atoms with E-state index >= 15 is 0 Å². The molecule has 2 rings (SSSR count). The summed E-state index contributed by atoms with van der Waals surface area (Å²) in [5, 5.41) is 2.01. The van der Waals surface area contributed by atoms with Crippen molar-refractivity contribution in [2.75, 3.05) is 0 Å². The molecule has 3 N–H and O–H groups in total. The number of hydrogen-bond donors (Lipinski definition) is 2. The molecule has 0 heterocycles. The van der Waals surface area contributed by atoms with Gasteiger partial charge in [0.1, 0.15) is 0 Å². The van der Waals surface area contributed by atoms with Crippen molar-refractivity contribution in [2.24, 2.45) is 5.73 Å². The molecule has 112 valence electrons. The van der Waals surface area contributed by atoms with E-state index in [0.29, 0.717) is 20.8 Å². The molecule has 0 fully saturated rings. The average Bonchev–Trinajstić information content (AvgIpc) is 2.42. The lowest BCUT2D eigenvalue weighted by Crippen LogP contribution is -2.42. The molecule has 5 nitrogen and oxygen atoms in total. The van der Waals surface area contributed by atoms with Crippen LogP contribution in [-0.2, 0) is 14.8 Å².